The summed E-state index contributed by atoms with van der Waals surface area (Å²) >= 11 is 0. The smallest absolute Gasteiger partial charge is 0.152 e. The Bertz CT molecular complexity index is 59.3. The first-order valence-electron chi connectivity index (χ1n) is 3.45. The number of hydrogen-bond acceptors (Lipinski definition) is 3. The van der Waals surface area contributed by atoms with Gasteiger partial charge in [-0.25, -0.2) is 0 Å². The standard InChI is InChI=1S/C6H15N.HNO2/c1-4-7(5-2)6-3;2-1-3/h4-6H2,1-3H3;(H,2,3). The Morgan fingerprint density at radius 3 is 1.40 bits per heavy atom. The highest BCUT2D eigenvalue weighted by Crippen LogP contribution is 1.81. The lowest BCUT2D eigenvalue weighted by atomic mass is 10.5. The molecule has 1 N–H and O–H groups in total. The molecule has 0 radical (unpaired) electrons. The molecule has 4 nitrogen and oxygen atoms in total. The summed E-state index contributed by atoms with van der Waals surface area (Å²) in [6.45, 7) is 10.1. The van der Waals surface area contributed by atoms with Crippen molar-refractivity contribution in [3.05, 3.63) is 4.91 Å². The van der Waals surface area contributed by atoms with Crippen LogP contribution in [-0.2, 0) is 0 Å². The second-order valence-corrected chi connectivity index (χ2v) is 1.70. The molecule has 0 atom stereocenters. The van der Waals surface area contributed by atoms with Crippen molar-refractivity contribution in [1.29, 1.82) is 0 Å². The van der Waals surface area contributed by atoms with Gasteiger partial charge in [-0.3, -0.25) is 0 Å². The fraction of sp³-hybridized carbons (Fsp3) is 1.00. The maximum Gasteiger partial charge on any atom is 0.152 e. The zero-order chi connectivity index (χ0) is 8.41. The van der Waals surface area contributed by atoms with Crippen LogP contribution in [0.5, 0.6) is 0 Å². The van der Waals surface area contributed by atoms with E-state index in [9.17, 15) is 0 Å². The van der Waals surface area contributed by atoms with Crippen LogP contribution in [0.15, 0.2) is 5.34 Å². The lowest BCUT2D eigenvalue weighted by Gasteiger charge is -2.13. The second kappa shape index (κ2) is 11.2. The van der Waals surface area contributed by atoms with E-state index >= 15 is 0 Å². The van der Waals surface area contributed by atoms with Crippen LogP contribution < -0.4 is 0 Å². The Balaban J connectivity index is 0. The van der Waals surface area contributed by atoms with Crippen LogP contribution in [0.1, 0.15) is 20.8 Å². The molecule has 10 heavy (non-hydrogen) atoms. The molecule has 0 rings (SSSR count). The van der Waals surface area contributed by atoms with Crippen LogP contribution in [0.4, 0.5) is 0 Å². The molecule has 0 fully saturated rings. The lowest BCUT2D eigenvalue weighted by molar-refractivity contribution is 0.312. The van der Waals surface area contributed by atoms with Gasteiger partial charge in [0.15, 0.2) is 5.34 Å². The molecule has 0 heterocycles. The van der Waals surface area contributed by atoms with Gasteiger partial charge in [-0.15, -0.1) is 4.91 Å². The van der Waals surface area contributed by atoms with Crippen molar-refractivity contribution >= 4 is 0 Å². The van der Waals surface area contributed by atoms with E-state index in [1.165, 1.54) is 25.0 Å². The van der Waals surface area contributed by atoms with E-state index in [2.05, 4.69) is 25.7 Å². The highest BCUT2D eigenvalue weighted by Gasteiger charge is 1.89. The van der Waals surface area contributed by atoms with Gasteiger partial charge in [0, 0.05) is 0 Å². The molecule has 0 aliphatic heterocycles. The van der Waals surface area contributed by atoms with Gasteiger partial charge in [-0.1, -0.05) is 20.8 Å². The molecule has 0 bridgehead atoms. The van der Waals surface area contributed by atoms with Gasteiger partial charge in [-0.05, 0) is 19.6 Å². The van der Waals surface area contributed by atoms with Gasteiger partial charge < -0.3 is 10.1 Å². The summed E-state index contributed by atoms with van der Waals surface area (Å²) in [6.07, 6.45) is 0. The fourth-order valence-electron chi connectivity index (χ4n) is 0.671. The highest BCUT2D eigenvalue weighted by molar-refractivity contribution is 4.43. The van der Waals surface area contributed by atoms with Crippen LogP contribution in [0.2, 0.25) is 0 Å². The fourth-order valence-corrected chi connectivity index (χ4v) is 0.671. The zero-order valence-electron chi connectivity index (χ0n) is 6.87. The summed E-state index contributed by atoms with van der Waals surface area (Å²) in [7, 11) is 0. The van der Waals surface area contributed by atoms with Crippen molar-refractivity contribution in [3.63, 3.8) is 0 Å². The minimum atomic E-state index is 1.19. The quantitative estimate of drug-likeness (QED) is 0.487. The van der Waals surface area contributed by atoms with Crippen molar-refractivity contribution in [2.75, 3.05) is 19.6 Å². The molecule has 0 aromatic carbocycles. The molecule has 4 heteroatoms. The Morgan fingerprint density at radius 2 is 1.40 bits per heavy atom. The number of nitrogens with zero attached hydrogens (tertiary/aromatic N) is 2. The van der Waals surface area contributed by atoms with Gasteiger partial charge >= 0.3 is 0 Å². The highest BCUT2D eigenvalue weighted by atomic mass is 16.6. The maximum atomic E-state index is 8.11. The third-order valence-corrected chi connectivity index (χ3v) is 1.34. The van der Waals surface area contributed by atoms with Crippen molar-refractivity contribution in [1.82, 2.24) is 4.90 Å². The lowest BCUT2D eigenvalue weighted by Crippen LogP contribution is -2.21. The van der Waals surface area contributed by atoms with E-state index in [1.54, 1.807) is 0 Å². The SMILES string of the molecule is CCN(CC)CC.O=NO. The van der Waals surface area contributed by atoms with E-state index in [4.69, 9.17) is 10.1 Å². The van der Waals surface area contributed by atoms with Crippen LogP contribution in [0.3, 0.4) is 0 Å². The summed E-state index contributed by atoms with van der Waals surface area (Å²) in [5.41, 5.74) is 0. The maximum absolute atomic E-state index is 8.11. The minimum Gasteiger partial charge on any atom is -0.379 e. The second-order valence-electron chi connectivity index (χ2n) is 1.70. The molecule has 0 aromatic heterocycles. The van der Waals surface area contributed by atoms with Crippen LogP contribution in [0, 0.1) is 4.91 Å². The Hall–Kier alpha value is -0.640. The Kier molecular flexibility index (Phi) is 13.5. The topological polar surface area (TPSA) is 52.9 Å². The van der Waals surface area contributed by atoms with Gasteiger partial charge in [0.05, 0.1) is 0 Å². The van der Waals surface area contributed by atoms with Crippen molar-refractivity contribution in [2.45, 2.75) is 20.8 Å². The summed E-state index contributed by atoms with van der Waals surface area (Å²) in [5.74, 6) is 0. The van der Waals surface area contributed by atoms with Crippen molar-refractivity contribution in [2.24, 2.45) is 5.34 Å². The average Bonchev–Trinajstić information content (AvgIpc) is 1.93. The molecule has 0 aliphatic carbocycles. The molecule has 0 unspecified atom stereocenters. The molecule has 0 saturated heterocycles. The van der Waals surface area contributed by atoms with Crippen LogP contribution in [-0.4, -0.2) is 29.7 Å². The Morgan fingerprint density at radius 1 is 1.20 bits per heavy atom. The third kappa shape index (κ3) is 10.4. The van der Waals surface area contributed by atoms with Gasteiger partial charge in [0.2, 0.25) is 0 Å². The molecular weight excluding hydrogens is 132 g/mol. The third-order valence-electron chi connectivity index (χ3n) is 1.34. The normalized spacial score (nSPS) is 8.40. The predicted molar refractivity (Wildman–Crippen MR) is 41.0 cm³/mol. The first-order valence-corrected chi connectivity index (χ1v) is 3.45. The summed E-state index contributed by atoms with van der Waals surface area (Å²) < 4.78 is 0. The van der Waals surface area contributed by atoms with Crippen molar-refractivity contribution in [3.8, 4) is 0 Å². The molecule has 0 saturated carbocycles. The first kappa shape index (κ1) is 12.1. The monoisotopic (exact) mass is 148 g/mol. The average molecular weight is 148 g/mol. The van der Waals surface area contributed by atoms with E-state index in [-0.39, 0.29) is 0 Å². The molecular formula is C6H16N2O2. The molecule has 0 aromatic rings. The van der Waals surface area contributed by atoms with E-state index in [0.29, 0.717) is 0 Å². The van der Waals surface area contributed by atoms with Crippen molar-refractivity contribution < 1.29 is 5.21 Å². The predicted octanol–water partition coefficient (Wildman–Crippen LogP) is 1.49. The van der Waals surface area contributed by atoms with E-state index in [0.717, 1.165) is 0 Å². The van der Waals surface area contributed by atoms with Gasteiger partial charge in [0.1, 0.15) is 0 Å². The van der Waals surface area contributed by atoms with Crippen LogP contribution in [0.25, 0.3) is 0 Å². The number of rotatable bonds is 3. The molecule has 0 amide bonds. The Labute approximate surface area is 61.8 Å². The summed E-state index contributed by atoms with van der Waals surface area (Å²) in [4.78, 5) is 10.5. The summed E-state index contributed by atoms with van der Waals surface area (Å²) in [5, 5.41) is 7.89. The number of hydrogen-bond donors (Lipinski definition) is 1. The zero-order valence-corrected chi connectivity index (χ0v) is 6.87. The van der Waals surface area contributed by atoms with Crippen LogP contribution >= 0.6 is 0 Å². The molecule has 0 spiro atoms. The van der Waals surface area contributed by atoms with Gasteiger partial charge in [-0.2, -0.15) is 0 Å². The minimum absolute atomic E-state index is 1.19. The van der Waals surface area contributed by atoms with Gasteiger partial charge in [0.25, 0.3) is 0 Å². The largest absolute Gasteiger partial charge is 0.379 e. The van der Waals surface area contributed by atoms with E-state index < -0.39 is 0 Å². The van der Waals surface area contributed by atoms with E-state index in [1.807, 2.05) is 0 Å². The molecule has 62 valence electrons. The first-order chi connectivity index (χ1) is 4.76. The molecule has 0 aliphatic rings. The summed E-state index contributed by atoms with van der Waals surface area (Å²) in [6, 6.07) is 0.